The van der Waals surface area contributed by atoms with Crippen LogP contribution in [0.25, 0.3) is 0 Å². The number of hydrogen-bond acceptors (Lipinski definition) is 5. The molecule has 0 bridgehead atoms. The first-order valence-corrected chi connectivity index (χ1v) is 10.2. The maximum absolute atomic E-state index is 13.0. The summed E-state index contributed by atoms with van der Waals surface area (Å²) in [6, 6.07) is 18.8. The van der Waals surface area contributed by atoms with Gasteiger partial charge < -0.3 is 10.1 Å². The molecule has 0 saturated carbocycles. The molecule has 0 radical (unpaired) electrons. The maximum atomic E-state index is 13.0. The van der Waals surface area contributed by atoms with E-state index in [0.717, 1.165) is 22.7 Å². The van der Waals surface area contributed by atoms with E-state index in [2.05, 4.69) is 14.7 Å². The number of aromatic nitrogens is 2. The molecule has 156 valence electrons. The molecule has 4 rings (SSSR count). The van der Waals surface area contributed by atoms with Crippen molar-refractivity contribution in [2.24, 2.45) is 0 Å². The van der Waals surface area contributed by atoms with Gasteiger partial charge in [0.15, 0.2) is 5.82 Å². The van der Waals surface area contributed by atoms with Crippen LogP contribution in [0.1, 0.15) is 27.3 Å². The van der Waals surface area contributed by atoms with Crippen LogP contribution in [-0.4, -0.2) is 15.3 Å². The molecule has 5 nitrogen and oxygen atoms in total. The lowest BCUT2D eigenvalue weighted by molar-refractivity contribution is 0.0951. The molecule has 0 fully saturated rings. The van der Waals surface area contributed by atoms with Crippen LogP contribution in [0.4, 0.5) is 8.78 Å². The van der Waals surface area contributed by atoms with Crippen molar-refractivity contribution < 1.29 is 18.3 Å². The Morgan fingerprint density at radius 1 is 0.871 bits per heavy atom. The average Bonchev–Trinajstić information content (AvgIpc) is 3.22. The van der Waals surface area contributed by atoms with Crippen LogP contribution in [0.5, 0.6) is 10.9 Å². The van der Waals surface area contributed by atoms with Crippen molar-refractivity contribution in [3.05, 3.63) is 107 Å². The van der Waals surface area contributed by atoms with Crippen molar-refractivity contribution in [1.29, 1.82) is 0 Å². The third-order valence-electron chi connectivity index (χ3n) is 4.41. The summed E-state index contributed by atoms with van der Waals surface area (Å²) in [5.74, 6) is 0.270. The standard InChI is InChI=1S/C23H17F2N3O2S/c24-18-7-1-15(2-8-18)13-21-27-23(31-28-21)30-20-11-5-17(6-12-20)22(29)26-14-16-3-9-19(25)10-4-16/h1-12H,13-14H2,(H,26,29). The number of carbonyl (C=O) groups excluding carboxylic acids is 1. The second kappa shape index (κ2) is 9.44. The minimum absolute atomic E-state index is 0.242. The van der Waals surface area contributed by atoms with Crippen LogP contribution in [0, 0.1) is 11.6 Å². The highest BCUT2D eigenvalue weighted by Gasteiger charge is 2.09. The number of amides is 1. The van der Waals surface area contributed by atoms with E-state index in [1.54, 1.807) is 48.5 Å². The summed E-state index contributed by atoms with van der Waals surface area (Å²) in [6.45, 7) is 0.305. The number of halogens is 2. The van der Waals surface area contributed by atoms with Gasteiger partial charge in [-0.1, -0.05) is 24.3 Å². The van der Waals surface area contributed by atoms with Gasteiger partial charge in [0.25, 0.3) is 11.1 Å². The molecule has 1 N–H and O–H groups in total. The van der Waals surface area contributed by atoms with Gasteiger partial charge in [-0.2, -0.15) is 9.36 Å². The molecule has 3 aromatic carbocycles. The molecule has 1 amide bonds. The lowest BCUT2D eigenvalue weighted by Gasteiger charge is -2.06. The van der Waals surface area contributed by atoms with E-state index in [1.807, 2.05) is 0 Å². The Bertz CT molecular complexity index is 1160. The van der Waals surface area contributed by atoms with Crippen molar-refractivity contribution in [3.8, 4) is 10.9 Å². The minimum atomic E-state index is -0.316. The zero-order valence-corrected chi connectivity index (χ0v) is 17.0. The summed E-state index contributed by atoms with van der Waals surface area (Å²) >= 11 is 1.12. The third-order valence-corrected chi connectivity index (χ3v) is 5.05. The summed E-state index contributed by atoms with van der Waals surface area (Å²) in [7, 11) is 0. The molecule has 0 unspecified atom stereocenters. The van der Waals surface area contributed by atoms with Crippen molar-refractivity contribution in [2.75, 3.05) is 0 Å². The van der Waals surface area contributed by atoms with Gasteiger partial charge in [0.2, 0.25) is 0 Å². The lowest BCUT2D eigenvalue weighted by Crippen LogP contribution is -2.22. The molecule has 8 heteroatoms. The zero-order valence-electron chi connectivity index (χ0n) is 16.2. The van der Waals surface area contributed by atoms with Crippen LogP contribution < -0.4 is 10.1 Å². The number of carbonyl (C=O) groups is 1. The third kappa shape index (κ3) is 5.70. The second-order valence-corrected chi connectivity index (χ2v) is 7.43. The van der Waals surface area contributed by atoms with Crippen LogP contribution in [-0.2, 0) is 13.0 Å². The Hall–Kier alpha value is -3.65. The van der Waals surface area contributed by atoms with Gasteiger partial charge in [-0.3, -0.25) is 4.79 Å². The van der Waals surface area contributed by atoms with Crippen molar-refractivity contribution >= 4 is 17.4 Å². The highest BCUT2D eigenvalue weighted by atomic mass is 32.1. The molecule has 1 heterocycles. The fraction of sp³-hybridized carbons (Fsp3) is 0.0870. The summed E-state index contributed by atoms with van der Waals surface area (Å²) in [5, 5.41) is 3.17. The molecule has 31 heavy (non-hydrogen) atoms. The fourth-order valence-electron chi connectivity index (χ4n) is 2.80. The van der Waals surface area contributed by atoms with E-state index in [-0.39, 0.29) is 17.5 Å². The fourth-order valence-corrected chi connectivity index (χ4v) is 3.37. The Kier molecular flexibility index (Phi) is 6.28. The Labute approximate surface area is 181 Å². The van der Waals surface area contributed by atoms with E-state index >= 15 is 0 Å². The number of hydrogen-bond donors (Lipinski definition) is 1. The summed E-state index contributed by atoms with van der Waals surface area (Å²) < 4.78 is 35.9. The molecular weight excluding hydrogens is 420 g/mol. The smallest absolute Gasteiger partial charge is 0.298 e. The van der Waals surface area contributed by atoms with Gasteiger partial charge in [-0.05, 0) is 59.7 Å². The van der Waals surface area contributed by atoms with E-state index in [9.17, 15) is 13.6 Å². The SMILES string of the molecule is O=C(NCc1ccc(F)cc1)c1ccc(Oc2nc(Cc3ccc(F)cc3)ns2)cc1. The van der Waals surface area contributed by atoms with Crippen molar-refractivity contribution in [2.45, 2.75) is 13.0 Å². The number of benzene rings is 3. The number of nitrogens with one attached hydrogen (secondary N) is 1. The van der Waals surface area contributed by atoms with E-state index in [0.29, 0.717) is 35.3 Å². The zero-order chi connectivity index (χ0) is 21.6. The average molecular weight is 437 g/mol. The Morgan fingerprint density at radius 2 is 1.48 bits per heavy atom. The van der Waals surface area contributed by atoms with Crippen molar-refractivity contribution in [3.63, 3.8) is 0 Å². The monoisotopic (exact) mass is 437 g/mol. The highest BCUT2D eigenvalue weighted by molar-refractivity contribution is 7.07. The Morgan fingerprint density at radius 3 is 2.13 bits per heavy atom. The molecule has 0 aliphatic rings. The van der Waals surface area contributed by atoms with E-state index in [4.69, 9.17) is 4.74 Å². The molecule has 0 aliphatic carbocycles. The van der Waals surface area contributed by atoms with Gasteiger partial charge >= 0.3 is 0 Å². The largest absolute Gasteiger partial charge is 0.430 e. The molecule has 0 atom stereocenters. The van der Waals surface area contributed by atoms with Crippen LogP contribution in [0.15, 0.2) is 72.8 Å². The molecule has 4 aromatic rings. The normalized spacial score (nSPS) is 10.6. The predicted molar refractivity (Wildman–Crippen MR) is 113 cm³/mol. The highest BCUT2D eigenvalue weighted by Crippen LogP contribution is 2.24. The van der Waals surface area contributed by atoms with Gasteiger partial charge in [-0.25, -0.2) is 8.78 Å². The Balaban J connectivity index is 1.32. The first kappa shape index (κ1) is 20.6. The molecule has 1 aromatic heterocycles. The lowest BCUT2D eigenvalue weighted by atomic mass is 10.1. The van der Waals surface area contributed by atoms with E-state index in [1.165, 1.54) is 24.3 Å². The van der Waals surface area contributed by atoms with Crippen LogP contribution in [0.2, 0.25) is 0 Å². The maximum Gasteiger partial charge on any atom is 0.298 e. The predicted octanol–water partition coefficient (Wildman–Crippen LogP) is 5.13. The molecule has 0 spiro atoms. The van der Waals surface area contributed by atoms with Gasteiger partial charge in [0, 0.05) is 30.1 Å². The topological polar surface area (TPSA) is 64.1 Å². The minimum Gasteiger partial charge on any atom is -0.430 e. The van der Waals surface area contributed by atoms with Gasteiger partial charge in [0.05, 0.1) is 0 Å². The van der Waals surface area contributed by atoms with Crippen molar-refractivity contribution in [1.82, 2.24) is 14.7 Å². The van der Waals surface area contributed by atoms with Gasteiger partial charge in [-0.15, -0.1) is 0 Å². The number of rotatable bonds is 7. The first-order chi connectivity index (χ1) is 15.0. The van der Waals surface area contributed by atoms with Gasteiger partial charge in [0.1, 0.15) is 17.4 Å². The van der Waals surface area contributed by atoms with Crippen LogP contribution >= 0.6 is 11.5 Å². The molecule has 0 saturated heterocycles. The summed E-state index contributed by atoms with van der Waals surface area (Å²) in [5.41, 5.74) is 2.19. The summed E-state index contributed by atoms with van der Waals surface area (Å²) in [4.78, 5) is 16.6. The van der Waals surface area contributed by atoms with E-state index < -0.39 is 0 Å². The number of nitrogens with zero attached hydrogens (tertiary/aromatic N) is 2. The van der Waals surface area contributed by atoms with Crippen LogP contribution in [0.3, 0.4) is 0 Å². The quantitative estimate of drug-likeness (QED) is 0.435. The second-order valence-electron chi connectivity index (χ2n) is 6.72. The number of ether oxygens (including phenoxy) is 1. The molecular formula is C23H17F2N3O2S. The first-order valence-electron chi connectivity index (χ1n) is 9.43. The molecule has 0 aliphatic heterocycles. The summed E-state index contributed by atoms with van der Waals surface area (Å²) in [6.07, 6.45) is 0.479.